The van der Waals surface area contributed by atoms with Crippen LogP contribution in [0.25, 0.3) is 0 Å². The van der Waals surface area contributed by atoms with E-state index in [1.807, 2.05) is 0 Å². The maximum Gasteiger partial charge on any atom is 0.275 e. The van der Waals surface area contributed by atoms with Gasteiger partial charge in [-0.25, -0.2) is 8.78 Å². The largest absolute Gasteiger partial charge is 0.376 e. The van der Waals surface area contributed by atoms with Gasteiger partial charge >= 0.3 is 0 Å². The maximum atomic E-state index is 13.8. The van der Waals surface area contributed by atoms with Gasteiger partial charge in [-0.3, -0.25) is 10.1 Å². The molecule has 0 saturated heterocycles. The Labute approximate surface area is 124 Å². The first-order chi connectivity index (χ1) is 9.90. The Kier molecular flexibility index (Phi) is 4.37. The van der Waals surface area contributed by atoms with Crippen LogP contribution in [0.3, 0.4) is 0 Å². The van der Waals surface area contributed by atoms with Crippen LogP contribution in [0.2, 0.25) is 5.02 Å². The Hall–Kier alpha value is -2.21. The van der Waals surface area contributed by atoms with Gasteiger partial charge in [-0.05, 0) is 30.7 Å². The third-order valence-corrected chi connectivity index (χ3v) is 3.22. The molecule has 0 aliphatic carbocycles. The molecule has 2 aromatic carbocycles. The molecule has 0 unspecified atom stereocenters. The molecule has 2 rings (SSSR count). The lowest BCUT2D eigenvalue weighted by atomic mass is 10.1. The predicted molar refractivity (Wildman–Crippen MR) is 76.5 cm³/mol. The molecule has 4 nitrogen and oxygen atoms in total. The monoisotopic (exact) mass is 312 g/mol. The van der Waals surface area contributed by atoms with E-state index >= 15 is 0 Å². The minimum Gasteiger partial charge on any atom is -0.376 e. The standard InChI is InChI=1S/C14H11ClF2N2O2/c1-8-2-5-11(16)14(13(8)17)18-7-9-3-4-10(15)6-12(9)19(20)21/h2-6,18H,7H2,1H3. The summed E-state index contributed by atoms with van der Waals surface area (Å²) in [4.78, 5) is 10.4. The van der Waals surface area contributed by atoms with Crippen molar-refractivity contribution in [3.63, 3.8) is 0 Å². The third kappa shape index (κ3) is 3.28. The highest BCUT2D eigenvalue weighted by Crippen LogP contribution is 2.26. The van der Waals surface area contributed by atoms with Crippen LogP contribution in [0.15, 0.2) is 30.3 Å². The summed E-state index contributed by atoms with van der Waals surface area (Å²) in [6, 6.07) is 6.58. The molecule has 0 saturated carbocycles. The SMILES string of the molecule is Cc1ccc(F)c(NCc2ccc(Cl)cc2[N+](=O)[O-])c1F. The lowest BCUT2D eigenvalue weighted by Crippen LogP contribution is -2.07. The van der Waals surface area contributed by atoms with Crippen LogP contribution in [0.1, 0.15) is 11.1 Å². The van der Waals surface area contributed by atoms with E-state index in [0.717, 1.165) is 6.07 Å². The van der Waals surface area contributed by atoms with Gasteiger partial charge in [0.2, 0.25) is 0 Å². The number of anilines is 1. The second-order valence-corrected chi connectivity index (χ2v) is 4.87. The lowest BCUT2D eigenvalue weighted by molar-refractivity contribution is -0.385. The number of rotatable bonds is 4. The highest BCUT2D eigenvalue weighted by Gasteiger charge is 2.16. The molecule has 2 aromatic rings. The Morgan fingerprint density at radius 2 is 2.00 bits per heavy atom. The Morgan fingerprint density at radius 3 is 2.67 bits per heavy atom. The van der Waals surface area contributed by atoms with E-state index < -0.39 is 16.6 Å². The zero-order chi connectivity index (χ0) is 15.6. The van der Waals surface area contributed by atoms with Crippen molar-refractivity contribution in [3.8, 4) is 0 Å². The maximum absolute atomic E-state index is 13.8. The molecule has 1 N–H and O–H groups in total. The van der Waals surface area contributed by atoms with Crippen molar-refractivity contribution in [1.29, 1.82) is 0 Å². The van der Waals surface area contributed by atoms with Gasteiger partial charge in [-0.1, -0.05) is 17.7 Å². The van der Waals surface area contributed by atoms with E-state index in [1.54, 1.807) is 0 Å². The number of nitro groups is 1. The average Bonchev–Trinajstić information content (AvgIpc) is 2.44. The fourth-order valence-electron chi connectivity index (χ4n) is 1.86. The molecule has 7 heteroatoms. The van der Waals surface area contributed by atoms with Crippen molar-refractivity contribution in [2.24, 2.45) is 0 Å². The normalized spacial score (nSPS) is 10.5. The van der Waals surface area contributed by atoms with Crippen molar-refractivity contribution < 1.29 is 13.7 Å². The summed E-state index contributed by atoms with van der Waals surface area (Å²) >= 11 is 5.70. The van der Waals surface area contributed by atoms with Crippen molar-refractivity contribution in [2.75, 3.05) is 5.32 Å². The van der Waals surface area contributed by atoms with E-state index in [1.165, 1.54) is 31.2 Å². The minimum atomic E-state index is -0.755. The number of nitrogens with one attached hydrogen (secondary N) is 1. The Balaban J connectivity index is 2.29. The van der Waals surface area contributed by atoms with Crippen LogP contribution in [0.4, 0.5) is 20.2 Å². The van der Waals surface area contributed by atoms with Crippen LogP contribution in [-0.4, -0.2) is 4.92 Å². The Morgan fingerprint density at radius 1 is 1.29 bits per heavy atom. The Bertz CT molecular complexity index is 708. The number of nitrogens with zero attached hydrogens (tertiary/aromatic N) is 1. The van der Waals surface area contributed by atoms with Gasteiger partial charge in [-0.15, -0.1) is 0 Å². The molecular formula is C14H11ClF2N2O2. The lowest BCUT2D eigenvalue weighted by Gasteiger charge is -2.10. The first-order valence-electron chi connectivity index (χ1n) is 6.01. The van der Waals surface area contributed by atoms with Crippen molar-refractivity contribution in [3.05, 3.63) is 68.2 Å². The van der Waals surface area contributed by atoms with Crippen LogP contribution in [0, 0.1) is 28.7 Å². The van der Waals surface area contributed by atoms with Crippen LogP contribution in [-0.2, 0) is 6.54 Å². The summed E-state index contributed by atoms with van der Waals surface area (Å²) in [6.07, 6.45) is 0. The molecule has 21 heavy (non-hydrogen) atoms. The van der Waals surface area contributed by atoms with E-state index in [2.05, 4.69) is 5.32 Å². The quantitative estimate of drug-likeness (QED) is 0.670. The summed E-state index contributed by atoms with van der Waals surface area (Å²) in [5, 5.41) is 13.7. The van der Waals surface area contributed by atoms with Crippen LogP contribution < -0.4 is 5.32 Å². The number of benzene rings is 2. The number of nitro benzene ring substituents is 1. The summed E-state index contributed by atoms with van der Waals surface area (Å²) < 4.78 is 27.4. The first-order valence-corrected chi connectivity index (χ1v) is 6.39. The molecule has 0 radical (unpaired) electrons. The average molecular weight is 313 g/mol. The van der Waals surface area contributed by atoms with Crippen molar-refractivity contribution in [1.82, 2.24) is 0 Å². The highest BCUT2D eigenvalue weighted by atomic mass is 35.5. The molecule has 0 atom stereocenters. The van der Waals surface area contributed by atoms with Gasteiger partial charge in [0.15, 0.2) is 5.82 Å². The first kappa shape index (κ1) is 15.2. The van der Waals surface area contributed by atoms with Gasteiger partial charge < -0.3 is 5.32 Å². The predicted octanol–water partition coefficient (Wildman–Crippen LogP) is 4.45. The topological polar surface area (TPSA) is 55.2 Å². The molecule has 0 fully saturated rings. The van der Waals surface area contributed by atoms with E-state index in [-0.39, 0.29) is 34.1 Å². The number of halogens is 3. The third-order valence-electron chi connectivity index (χ3n) is 2.98. The fourth-order valence-corrected chi connectivity index (χ4v) is 2.03. The number of hydrogen-bond acceptors (Lipinski definition) is 3. The summed E-state index contributed by atoms with van der Waals surface area (Å²) in [7, 11) is 0. The van der Waals surface area contributed by atoms with Crippen molar-refractivity contribution in [2.45, 2.75) is 13.5 Å². The number of aryl methyl sites for hydroxylation is 1. The summed E-state index contributed by atoms with van der Waals surface area (Å²) in [5.41, 5.74) is 0.0527. The zero-order valence-corrected chi connectivity index (χ0v) is 11.7. The summed E-state index contributed by atoms with van der Waals surface area (Å²) in [6.45, 7) is 1.41. The second-order valence-electron chi connectivity index (χ2n) is 4.44. The highest BCUT2D eigenvalue weighted by molar-refractivity contribution is 6.30. The van der Waals surface area contributed by atoms with Crippen molar-refractivity contribution >= 4 is 23.0 Å². The summed E-state index contributed by atoms with van der Waals surface area (Å²) in [5.74, 6) is -1.47. The minimum absolute atomic E-state index is 0.0925. The molecule has 0 aromatic heterocycles. The van der Waals surface area contributed by atoms with Gasteiger partial charge in [0.05, 0.1) is 4.92 Å². The van der Waals surface area contributed by atoms with Gasteiger partial charge in [-0.2, -0.15) is 0 Å². The number of hydrogen-bond donors (Lipinski definition) is 1. The van der Waals surface area contributed by atoms with Gasteiger partial charge in [0, 0.05) is 23.2 Å². The van der Waals surface area contributed by atoms with Crippen LogP contribution >= 0.6 is 11.6 Å². The smallest absolute Gasteiger partial charge is 0.275 e. The second kappa shape index (κ2) is 6.05. The molecule has 0 spiro atoms. The van der Waals surface area contributed by atoms with Gasteiger partial charge in [0.25, 0.3) is 5.69 Å². The fraction of sp³-hybridized carbons (Fsp3) is 0.143. The van der Waals surface area contributed by atoms with Gasteiger partial charge in [0.1, 0.15) is 11.5 Å². The molecule has 0 amide bonds. The molecule has 0 bridgehead atoms. The zero-order valence-electron chi connectivity index (χ0n) is 11.0. The molecule has 0 heterocycles. The van der Waals surface area contributed by atoms with E-state index in [0.29, 0.717) is 0 Å². The molecule has 0 aliphatic rings. The van der Waals surface area contributed by atoms with E-state index in [9.17, 15) is 18.9 Å². The molecule has 0 aliphatic heterocycles. The molecule has 110 valence electrons. The van der Waals surface area contributed by atoms with E-state index in [4.69, 9.17) is 11.6 Å². The molecular weight excluding hydrogens is 302 g/mol. The van der Waals surface area contributed by atoms with Crippen LogP contribution in [0.5, 0.6) is 0 Å².